The summed E-state index contributed by atoms with van der Waals surface area (Å²) >= 11 is 3.38. The van der Waals surface area contributed by atoms with Crippen molar-refractivity contribution in [1.82, 2.24) is 10.3 Å². The Kier molecular flexibility index (Phi) is 4.93. The highest BCUT2D eigenvalue weighted by molar-refractivity contribution is 9.10. The summed E-state index contributed by atoms with van der Waals surface area (Å²) in [6.45, 7) is 6.01. The van der Waals surface area contributed by atoms with E-state index >= 15 is 0 Å². The van der Waals surface area contributed by atoms with Crippen molar-refractivity contribution in [2.75, 3.05) is 6.54 Å². The fourth-order valence-electron chi connectivity index (χ4n) is 1.78. The molecule has 2 aromatic rings. The van der Waals surface area contributed by atoms with Gasteiger partial charge < -0.3 is 10.1 Å². The Morgan fingerprint density at radius 3 is 2.79 bits per heavy atom. The number of hydrogen-bond acceptors (Lipinski definition) is 3. The van der Waals surface area contributed by atoms with Crippen LogP contribution in [0.4, 0.5) is 0 Å². The molecule has 0 amide bonds. The molecule has 1 N–H and O–H groups in total. The number of hydrogen-bond donors (Lipinski definition) is 1. The van der Waals surface area contributed by atoms with Crippen LogP contribution in [0.5, 0.6) is 11.5 Å². The highest BCUT2D eigenvalue weighted by Crippen LogP contribution is 2.26. The van der Waals surface area contributed by atoms with E-state index in [2.05, 4.69) is 52.2 Å². The summed E-state index contributed by atoms with van der Waals surface area (Å²) in [5.74, 6) is 1.59. The zero-order chi connectivity index (χ0) is 13.7. The second-order valence-corrected chi connectivity index (χ2v) is 5.24. The van der Waals surface area contributed by atoms with Crippen LogP contribution >= 0.6 is 15.9 Å². The van der Waals surface area contributed by atoms with Gasteiger partial charge in [-0.15, -0.1) is 0 Å². The molecule has 0 saturated heterocycles. The molecular weight excluding hydrogens is 304 g/mol. The van der Waals surface area contributed by atoms with Crippen molar-refractivity contribution in [3.05, 3.63) is 52.3 Å². The van der Waals surface area contributed by atoms with Crippen molar-refractivity contribution < 1.29 is 4.74 Å². The number of benzene rings is 1. The van der Waals surface area contributed by atoms with Crippen molar-refractivity contribution in [2.45, 2.75) is 20.4 Å². The van der Waals surface area contributed by atoms with Gasteiger partial charge in [0.05, 0.1) is 6.20 Å². The molecule has 0 spiro atoms. The van der Waals surface area contributed by atoms with Crippen LogP contribution in [0.3, 0.4) is 0 Å². The van der Waals surface area contributed by atoms with Crippen LogP contribution < -0.4 is 10.1 Å². The smallest absolute Gasteiger partial charge is 0.146 e. The van der Waals surface area contributed by atoms with E-state index < -0.39 is 0 Å². The van der Waals surface area contributed by atoms with E-state index in [0.29, 0.717) is 0 Å². The Bertz CT molecular complexity index is 558. The summed E-state index contributed by atoms with van der Waals surface area (Å²) in [7, 11) is 0. The lowest BCUT2D eigenvalue weighted by Crippen LogP contribution is -2.11. The molecule has 0 aliphatic carbocycles. The van der Waals surface area contributed by atoms with Gasteiger partial charge in [-0.25, -0.2) is 0 Å². The van der Waals surface area contributed by atoms with Crippen LogP contribution in [0.25, 0.3) is 0 Å². The third kappa shape index (κ3) is 4.04. The van der Waals surface area contributed by atoms with Gasteiger partial charge in [-0.05, 0) is 52.7 Å². The molecule has 0 aliphatic heterocycles. The first kappa shape index (κ1) is 14.0. The molecule has 2 rings (SSSR count). The first-order valence-corrected chi connectivity index (χ1v) is 7.07. The second kappa shape index (κ2) is 6.68. The first-order chi connectivity index (χ1) is 9.19. The molecule has 100 valence electrons. The Hall–Kier alpha value is -1.39. The van der Waals surface area contributed by atoms with Gasteiger partial charge in [-0.1, -0.05) is 19.1 Å². The number of aromatic nitrogens is 1. The standard InChI is InChI=1S/C15H17BrN2O/c1-3-17-8-12-4-5-15(11(2)6-12)19-14-7-13(16)9-18-10-14/h4-7,9-10,17H,3,8H2,1-2H3. The van der Waals surface area contributed by atoms with Gasteiger partial charge in [0.1, 0.15) is 11.5 Å². The number of pyridine rings is 1. The molecule has 3 nitrogen and oxygen atoms in total. The predicted molar refractivity (Wildman–Crippen MR) is 80.6 cm³/mol. The number of nitrogens with one attached hydrogen (secondary N) is 1. The van der Waals surface area contributed by atoms with E-state index in [1.54, 1.807) is 12.4 Å². The monoisotopic (exact) mass is 320 g/mol. The summed E-state index contributed by atoms with van der Waals surface area (Å²) < 4.78 is 6.75. The van der Waals surface area contributed by atoms with E-state index in [1.165, 1.54) is 5.56 Å². The van der Waals surface area contributed by atoms with Crippen molar-refractivity contribution in [1.29, 1.82) is 0 Å². The average molecular weight is 321 g/mol. The molecule has 19 heavy (non-hydrogen) atoms. The van der Waals surface area contributed by atoms with Gasteiger partial charge in [-0.2, -0.15) is 0 Å². The maximum Gasteiger partial charge on any atom is 0.146 e. The van der Waals surface area contributed by atoms with Crippen LogP contribution in [0, 0.1) is 6.92 Å². The molecule has 0 saturated carbocycles. The fraction of sp³-hybridized carbons (Fsp3) is 0.267. The molecule has 4 heteroatoms. The number of aryl methyl sites for hydroxylation is 1. The zero-order valence-electron chi connectivity index (χ0n) is 11.1. The molecule has 1 aromatic carbocycles. The molecular formula is C15H17BrN2O. The second-order valence-electron chi connectivity index (χ2n) is 4.32. The maximum absolute atomic E-state index is 5.84. The van der Waals surface area contributed by atoms with Crippen LogP contribution in [-0.2, 0) is 6.54 Å². The van der Waals surface area contributed by atoms with Gasteiger partial charge in [-0.3, -0.25) is 4.98 Å². The Morgan fingerprint density at radius 1 is 1.26 bits per heavy atom. The summed E-state index contributed by atoms with van der Waals surface area (Å²) in [6, 6.07) is 8.13. The summed E-state index contributed by atoms with van der Waals surface area (Å²) in [5.41, 5.74) is 2.38. The minimum atomic E-state index is 0.733. The lowest BCUT2D eigenvalue weighted by atomic mass is 10.1. The first-order valence-electron chi connectivity index (χ1n) is 6.27. The number of nitrogens with zero attached hydrogens (tertiary/aromatic N) is 1. The summed E-state index contributed by atoms with van der Waals surface area (Å²) in [4.78, 5) is 4.09. The van der Waals surface area contributed by atoms with E-state index in [1.807, 2.05) is 12.1 Å². The number of halogens is 1. The quantitative estimate of drug-likeness (QED) is 0.902. The van der Waals surface area contributed by atoms with Crippen molar-refractivity contribution in [3.63, 3.8) is 0 Å². The van der Waals surface area contributed by atoms with Gasteiger partial charge in [0.2, 0.25) is 0 Å². The third-order valence-corrected chi connectivity index (χ3v) is 3.16. The lowest BCUT2D eigenvalue weighted by Gasteiger charge is -2.10. The van der Waals surface area contributed by atoms with E-state index in [4.69, 9.17) is 4.74 Å². The highest BCUT2D eigenvalue weighted by Gasteiger charge is 2.03. The fourth-order valence-corrected chi connectivity index (χ4v) is 2.12. The Balaban J connectivity index is 2.13. The highest BCUT2D eigenvalue weighted by atomic mass is 79.9. The van der Waals surface area contributed by atoms with Crippen LogP contribution in [0.15, 0.2) is 41.1 Å². The number of rotatable bonds is 5. The molecule has 0 radical (unpaired) electrons. The van der Waals surface area contributed by atoms with Gasteiger partial charge in [0, 0.05) is 17.2 Å². The molecule has 0 aliphatic rings. The minimum Gasteiger partial charge on any atom is -0.455 e. The van der Waals surface area contributed by atoms with Crippen LogP contribution in [0.2, 0.25) is 0 Å². The van der Waals surface area contributed by atoms with Gasteiger partial charge in [0.15, 0.2) is 0 Å². The van der Waals surface area contributed by atoms with Crippen LogP contribution in [-0.4, -0.2) is 11.5 Å². The lowest BCUT2D eigenvalue weighted by molar-refractivity contribution is 0.476. The van der Waals surface area contributed by atoms with Crippen molar-refractivity contribution in [3.8, 4) is 11.5 Å². The molecule has 1 aromatic heterocycles. The zero-order valence-corrected chi connectivity index (χ0v) is 12.7. The molecule has 0 fully saturated rings. The topological polar surface area (TPSA) is 34.1 Å². The van der Waals surface area contributed by atoms with Crippen molar-refractivity contribution in [2.24, 2.45) is 0 Å². The third-order valence-electron chi connectivity index (χ3n) is 2.73. The van der Waals surface area contributed by atoms with Crippen LogP contribution in [0.1, 0.15) is 18.1 Å². The minimum absolute atomic E-state index is 0.733. The van der Waals surface area contributed by atoms with Crippen molar-refractivity contribution >= 4 is 15.9 Å². The molecule has 1 heterocycles. The SMILES string of the molecule is CCNCc1ccc(Oc2cncc(Br)c2)c(C)c1. The largest absolute Gasteiger partial charge is 0.455 e. The number of ether oxygens (including phenoxy) is 1. The molecule has 0 bridgehead atoms. The van der Waals surface area contributed by atoms with E-state index in [-0.39, 0.29) is 0 Å². The molecule has 0 unspecified atom stereocenters. The predicted octanol–water partition coefficient (Wildman–Crippen LogP) is 4.05. The summed E-state index contributed by atoms with van der Waals surface area (Å²) in [5, 5.41) is 3.31. The van der Waals surface area contributed by atoms with Gasteiger partial charge >= 0.3 is 0 Å². The average Bonchev–Trinajstić information content (AvgIpc) is 2.39. The molecule has 0 atom stereocenters. The summed E-state index contributed by atoms with van der Waals surface area (Å²) in [6.07, 6.45) is 3.44. The van der Waals surface area contributed by atoms with E-state index in [9.17, 15) is 0 Å². The Morgan fingerprint density at radius 2 is 2.11 bits per heavy atom. The maximum atomic E-state index is 5.84. The van der Waals surface area contributed by atoms with E-state index in [0.717, 1.165) is 34.6 Å². The Labute approximate surface area is 122 Å². The van der Waals surface area contributed by atoms with Gasteiger partial charge in [0.25, 0.3) is 0 Å². The normalized spacial score (nSPS) is 10.5.